The molecule has 0 aliphatic heterocycles. The van der Waals surface area contributed by atoms with E-state index in [1.54, 1.807) is 0 Å². The molecule has 2 heteroatoms. The van der Waals surface area contributed by atoms with Crippen LogP contribution in [0.5, 0.6) is 0 Å². The molecule has 0 fully saturated rings. The van der Waals surface area contributed by atoms with Crippen LogP contribution in [0, 0.1) is 0 Å². The van der Waals surface area contributed by atoms with E-state index in [4.69, 9.17) is 0 Å². The average Bonchev–Trinajstić information content (AvgIpc) is 1.37. The number of hydrogen-bond donors (Lipinski definition) is 1. The molecule has 0 spiro atoms. The van der Waals surface area contributed by atoms with Crippen molar-refractivity contribution in [1.29, 1.82) is 0 Å². The first-order valence-corrected chi connectivity index (χ1v) is 1.56. The van der Waals surface area contributed by atoms with Crippen LogP contribution in [0.1, 0.15) is 6.92 Å². The van der Waals surface area contributed by atoms with Gasteiger partial charge >= 0.3 is 0 Å². The van der Waals surface area contributed by atoms with Gasteiger partial charge in [0.25, 0.3) is 0 Å². The molecule has 0 saturated carbocycles. The molecule has 1 N–H and O–H groups in total. The van der Waals surface area contributed by atoms with Crippen molar-refractivity contribution in [3.8, 4) is 0 Å². The molecule has 0 aromatic rings. The van der Waals surface area contributed by atoms with E-state index in [2.05, 4.69) is 12.2 Å². The van der Waals surface area contributed by atoms with E-state index in [0.29, 0.717) is 0 Å². The van der Waals surface area contributed by atoms with Crippen molar-refractivity contribution in [2.75, 3.05) is 13.6 Å². The molecular weight excluding hydrogens is 229 g/mol. The summed E-state index contributed by atoms with van der Waals surface area (Å²) in [5.41, 5.74) is 0. The minimum Gasteiger partial charge on any atom is -0.320 e. The average molecular weight is 238 g/mol. The Kier molecular flexibility index (Phi) is 16.4. The van der Waals surface area contributed by atoms with Crippen molar-refractivity contribution >= 4 is 0 Å². The predicted molar refractivity (Wildman–Crippen MR) is 19.6 cm³/mol. The van der Waals surface area contributed by atoms with Crippen molar-refractivity contribution < 1.29 is 25.8 Å². The summed E-state index contributed by atoms with van der Waals surface area (Å²) in [4.78, 5) is 0. The SMILES string of the molecule is CCNC.[Hf]. The Bertz CT molecular complexity index is 8.85. The molecule has 0 atom stereocenters. The van der Waals surface area contributed by atoms with Crippen LogP contribution < -0.4 is 5.32 Å². The first kappa shape index (κ1) is 9.27. The number of hydrogen-bond acceptors (Lipinski definition) is 1. The Hall–Kier alpha value is 0.830. The molecule has 0 aromatic heterocycles. The molecule has 0 radical (unpaired) electrons. The maximum absolute atomic E-state index is 2.93. The Morgan fingerprint density at radius 3 is 1.80 bits per heavy atom. The van der Waals surface area contributed by atoms with Crippen LogP contribution in [0.25, 0.3) is 0 Å². The summed E-state index contributed by atoms with van der Waals surface area (Å²) in [6.07, 6.45) is 0. The Labute approximate surface area is 51.9 Å². The van der Waals surface area contributed by atoms with Gasteiger partial charge < -0.3 is 5.32 Å². The third kappa shape index (κ3) is 11.6. The summed E-state index contributed by atoms with van der Waals surface area (Å²) in [6.45, 7) is 3.14. The quantitative estimate of drug-likeness (QED) is 0.644. The van der Waals surface area contributed by atoms with Crippen molar-refractivity contribution in [3.05, 3.63) is 0 Å². The zero-order valence-electron chi connectivity index (χ0n) is 3.71. The summed E-state index contributed by atoms with van der Waals surface area (Å²) in [7, 11) is 1.93. The minimum absolute atomic E-state index is 0. The number of rotatable bonds is 1. The molecule has 0 rings (SSSR count). The van der Waals surface area contributed by atoms with Gasteiger partial charge in [-0.05, 0) is 13.6 Å². The van der Waals surface area contributed by atoms with Gasteiger partial charge in [0.15, 0.2) is 0 Å². The minimum atomic E-state index is 0. The fourth-order valence-corrected chi connectivity index (χ4v) is 0. The van der Waals surface area contributed by atoms with E-state index < -0.39 is 0 Å². The van der Waals surface area contributed by atoms with Gasteiger partial charge in [-0.2, -0.15) is 0 Å². The van der Waals surface area contributed by atoms with Crippen LogP contribution in [0.15, 0.2) is 0 Å². The predicted octanol–water partition coefficient (Wildman–Crippen LogP) is 0.223. The topological polar surface area (TPSA) is 12.0 Å². The fourth-order valence-electron chi connectivity index (χ4n) is 0. The van der Waals surface area contributed by atoms with Gasteiger partial charge in [0.05, 0.1) is 0 Å². The Morgan fingerprint density at radius 1 is 1.60 bits per heavy atom. The second-order valence-electron chi connectivity index (χ2n) is 0.707. The van der Waals surface area contributed by atoms with Crippen LogP contribution in [0.2, 0.25) is 0 Å². The first-order valence-electron chi connectivity index (χ1n) is 1.56. The first-order chi connectivity index (χ1) is 1.91. The van der Waals surface area contributed by atoms with E-state index in [1.165, 1.54) is 0 Å². The van der Waals surface area contributed by atoms with Gasteiger partial charge in [0.2, 0.25) is 0 Å². The zero-order valence-corrected chi connectivity index (χ0v) is 7.30. The molecule has 0 bridgehead atoms. The van der Waals surface area contributed by atoms with E-state index in [9.17, 15) is 0 Å². The third-order valence-corrected chi connectivity index (χ3v) is 0.354. The summed E-state index contributed by atoms with van der Waals surface area (Å²) in [6, 6.07) is 0. The fraction of sp³-hybridized carbons (Fsp3) is 1.00. The van der Waals surface area contributed by atoms with Gasteiger partial charge in [0.1, 0.15) is 0 Å². The molecular formula is C3H9HfN. The van der Waals surface area contributed by atoms with Crippen LogP contribution in [0.3, 0.4) is 0 Å². The van der Waals surface area contributed by atoms with Gasteiger partial charge in [-0.3, -0.25) is 0 Å². The van der Waals surface area contributed by atoms with E-state index in [0.717, 1.165) is 6.54 Å². The Balaban J connectivity index is 0. The molecule has 0 saturated heterocycles. The maximum atomic E-state index is 2.93. The van der Waals surface area contributed by atoms with Crippen LogP contribution >= 0.6 is 0 Å². The smallest absolute Gasteiger partial charge is 0 e. The summed E-state index contributed by atoms with van der Waals surface area (Å²) >= 11 is 0. The van der Waals surface area contributed by atoms with Gasteiger partial charge in [-0.25, -0.2) is 0 Å². The van der Waals surface area contributed by atoms with Crippen molar-refractivity contribution in [2.24, 2.45) is 0 Å². The normalized spacial score (nSPS) is 6.00. The van der Waals surface area contributed by atoms with E-state index >= 15 is 0 Å². The molecule has 0 aliphatic rings. The third-order valence-electron chi connectivity index (χ3n) is 0.354. The van der Waals surface area contributed by atoms with Crippen LogP contribution in [0.4, 0.5) is 0 Å². The summed E-state index contributed by atoms with van der Waals surface area (Å²) in [5.74, 6) is 0. The largest absolute Gasteiger partial charge is 0.320 e. The van der Waals surface area contributed by atoms with Gasteiger partial charge in [-0.15, -0.1) is 0 Å². The maximum Gasteiger partial charge on any atom is 0 e. The molecule has 30 valence electrons. The zero-order chi connectivity index (χ0) is 3.41. The van der Waals surface area contributed by atoms with E-state index in [1.807, 2.05) is 7.05 Å². The summed E-state index contributed by atoms with van der Waals surface area (Å²) < 4.78 is 0. The standard InChI is InChI=1S/C3H9N.Hf/c1-3-4-2;/h4H,3H2,1-2H3;. The van der Waals surface area contributed by atoms with Gasteiger partial charge in [-0.1, -0.05) is 6.92 Å². The Morgan fingerprint density at radius 2 is 1.80 bits per heavy atom. The van der Waals surface area contributed by atoms with Crippen LogP contribution in [-0.4, -0.2) is 13.6 Å². The monoisotopic (exact) mass is 239 g/mol. The van der Waals surface area contributed by atoms with E-state index in [-0.39, 0.29) is 25.8 Å². The molecule has 0 aliphatic carbocycles. The molecule has 1 nitrogen and oxygen atoms in total. The second kappa shape index (κ2) is 8.85. The molecule has 0 amide bonds. The molecule has 0 unspecified atom stereocenters. The molecule has 0 aromatic carbocycles. The number of nitrogens with one attached hydrogen (secondary N) is 1. The van der Waals surface area contributed by atoms with Crippen molar-refractivity contribution in [1.82, 2.24) is 5.32 Å². The molecule has 0 heterocycles. The van der Waals surface area contributed by atoms with Crippen molar-refractivity contribution in [3.63, 3.8) is 0 Å². The van der Waals surface area contributed by atoms with Crippen LogP contribution in [-0.2, 0) is 25.8 Å². The van der Waals surface area contributed by atoms with Gasteiger partial charge in [0, 0.05) is 25.8 Å². The second-order valence-corrected chi connectivity index (χ2v) is 0.707. The van der Waals surface area contributed by atoms with Crippen molar-refractivity contribution in [2.45, 2.75) is 6.92 Å². The summed E-state index contributed by atoms with van der Waals surface area (Å²) in [5, 5.41) is 2.93. The molecule has 5 heavy (non-hydrogen) atoms.